The maximum Gasteiger partial charge on any atom is 0.330 e. The number of nitrogens with zero attached hydrogens (tertiary/aromatic N) is 1. The van der Waals surface area contributed by atoms with E-state index in [0.717, 1.165) is 0 Å². The second kappa shape index (κ2) is 5.83. The molecule has 0 aliphatic carbocycles. The molecule has 2 rings (SSSR count). The average Bonchev–Trinajstić information content (AvgIpc) is 2.34. The van der Waals surface area contributed by atoms with Crippen molar-refractivity contribution in [2.45, 2.75) is 12.3 Å². The molecule has 19 heavy (non-hydrogen) atoms. The van der Waals surface area contributed by atoms with E-state index in [1.807, 2.05) is 0 Å². The minimum atomic E-state index is -0.686. The molecule has 104 valence electrons. The first kappa shape index (κ1) is 14.2. The molecule has 8 heteroatoms. The number of halogens is 1. The van der Waals surface area contributed by atoms with Gasteiger partial charge in [0.25, 0.3) is 5.56 Å². The lowest BCUT2D eigenvalue weighted by atomic mass is 9.95. The molecule has 3 N–H and O–H groups in total. The van der Waals surface area contributed by atoms with Gasteiger partial charge in [0, 0.05) is 6.20 Å². The predicted molar refractivity (Wildman–Crippen MR) is 70.9 cm³/mol. The SMILES string of the molecule is O=c1[nH]c(=O)n([C@@H]2O[C@H](CO)[C@H]2CO)cc1C=CBr. The van der Waals surface area contributed by atoms with Crippen molar-refractivity contribution in [3.05, 3.63) is 37.6 Å². The summed E-state index contributed by atoms with van der Waals surface area (Å²) in [6, 6.07) is 0. The molecule has 0 amide bonds. The Labute approximate surface area is 116 Å². The molecule has 0 spiro atoms. The van der Waals surface area contributed by atoms with E-state index >= 15 is 0 Å². The molecular weight excluding hydrogens is 320 g/mol. The summed E-state index contributed by atoms with van der Waals surface area (Å²) < 4.78 is 6.53. The molecule has 1 aliphatic rings. The van der Waals surface area contributed by atoms with Crippen LogP contribution in [0, 0.1) is 5.92 Å². The molecule has 0 unspecified atom stereocenters. The summed E-state index contributed by atoms with van der Waals surface area (Å²) in [5.74, 6) is -0.380. The quantitative estimate of drug-likeness (QED) is 0.683. The van der Waals surface area contributed by atoms with Gasteiger partial charge in [-0.15, -0.1) is 0 Å². The zero-order valence-corrected chi connectivity index (χ0v) is 11.4. The molecule has 1 aromatic heterocycles. The summed E-state index contributed by atoms with van der Waals surface area (Å²) in [7, 11) is 0. The summed E-state index contributed by atoms with van der Waals surface area (Å²) in [6.07, 6.45) is 1.67. The lowest BCUT2D eigenvalue weighted by Crippen LogP contribution is -2.52. The Balaban J connectivity index is 2.38. The van der Waals surface area contributed by atoms with Gasteiger partial charge < -0.3 is 14.9 Å². The van der Waals surface area contributed by atoms with Crippen LogP contribution in [-0.4, -0.2) is 39.1 Å². The molecule has 1 saturated heterocycles. The molecule has 0 aromatic carbocycles. The highest BCUT2D eigenvalue weighted by atomic mass is 79.9. The molecule has 1 aromatic rings. The maximum absolute atomic E-state index is 11.7. The first-order chi connectivity index (χ1) is 9.12. The van der Waals surface area contributed by atoms with Crippen molar-refractivity contribution in [3.8, 4) is 0 Å². The van der Waals surface area contributed by atoms with Crippen LogP contribution in [0.25, 0.3) is 6.08 Å². The first-order valence-corrected chi connectivity index (χ1v) is 6.53. The Hall–Kier alpha value is -1.22. The fraction of sp³-hybridized carbons (Fsp3) is 0.455. The molecule has 2 heterocycles. The van der Waals surface area contributed by atoms with Gasteiger partial charge in [-0.2, -0.15) is 0 Å². The van der Waals surface area contributed by atoms with E-state index in [1.165, 1.54) is 21.8 Å². The number of aromatic amines is 1. The van der Waals surface area contributed by atoms with Gasteiger partial charge in [-0.05, 0) is 11.1 Å². The third-order valence-electron chi connectivity index (χ3n) is 3.06. The van der Waals surface area contributed by atoms with Gasteiger partial charge in [-0.3, -0.25) is 14.3 Å². The number of aliphatic hydroxyl groups is 2. The third-order valence-corrected chi connectivity index (χ3v) is 3.33. The standard InChI is InChI=1S/C11H13BrN2O5/c12-2-1-6-3-14(11(18)13-9(6)17)10-7(4-15)8(5-16)19-10/h1-3,7-8,10,15-16H,4-5H2,(H,13,17,18)/t7-,8-,10-/m1/s1. The predicted octanol–water partition coefficient (Wildman–Crippen LogP) is -0.600. The van der Waals surface area contributed by atoms with Crippen LogP contribution in [0.4, 0.5) is 0 Å². The number of H-pyrrole nitrogens is 1. The first-order valence-electron chi connectivity index (χ1n) is 5.61. The number of ether oxygens (including phenoxy) is 1. The van der Waals surface area contributed by atoms with Crippen molar-refractivity contribution < 1.29 is 14.9 Å². The minimum Gasteiger partial charge on any atom is -0.396 e. The van der Waals surface area contributed by atoms with E-state index in [0.29, 0.717) is 0 Å². The lowest BCUT2D eigenvalue weighted by Gasteiger charge is -2.43. The van der Waals surface area contributed by atoms with Crippen molar-refractivity contribution in [2.75, 3.05) is 13.2 Å². The zero-order chi connectivity index (χ0) is 14.0. The van der Waals surface area contributed by atoms with Gasteiger partial charge in [0.2, 0.25) is 0 Å². The molecule has 0 bridgehead atoms. The van der Waals surface area contributed by atoms with Gasteiger partial charge in [-0.1, -0.05) is 15.9 Å². The summed E-state index contributed by atoms with van der Waals surface area (Å²) in [5, 5.41) is 18.2. The van der Waals surface area contributed by atoms with E-state index < -0.39 is 23.6 Å². The zero-order valence-electron chi connectivity index (χ0n) is 9.82. The summed E-state index contributed by atoms with van der Waals surface area (Å²) >= 11 is 3.05. The van der Waals surface area contributed by atoms with Crippen molar-refractivity contribution in [1.29, 1.82) is 0 Å². The summed E-state index contributed by atoms with van der Waals surface area (Å²) in [4.78, 5) is 26.9. The summed E-state index contributed by atoms with van der Waals surface area (Å²) in [5.41, 5.74) is -0.837. The Morgan fingerprint density at radius 1 is 1.42 bits per heavy atom. The number of hydrogen-bond donors (Lipinski definition) is 3. The average molecular weight is 333 g/mol. The van der Waals surface area contributed by atoms with E-state index in [2.05, 4.69) is 20.9 Å². The number of rotatable bonds is 4. The number of hydrogen-bond acceptors (Lipinski definition) is 5. The van der Waals surface area contributed by atoms with Crippen molar-refractivity contribution in [3.63, 3.8) is 0 Å². The molecular formula is C11H13BrN2O5. The minimum absolute atomic E-state index is 0.217. The van der Waals surface area contributed by atoms with E-state index in [1.54, 1.807) is 0 Å². The fourth-order valence-electron chi connectivity index (χ4n) is 2.01. The second-order valence-corrected chi connectivity index (χ2v) is 4.67. The van der Waals surface area contributed by atoms with Crippen molar-refractivity contribution >= 4 is 22.0 Å². The number of aliphatic hydroxyl groups excluding tert-OH is 2. The van der Waals surface area contributed by atoms with Crippen molar-refractivity contribution in [1.82, 2.24) is 9.55 Å². The van der Waals surface area contributed by atoms with Crippen LogP contribution in [0.3, 0.4) is 0 Å². The summed E-state index contributed by atoms with van der Waals surface area (Å²) in [6.45, 7) is -0.445. The van der Waals surface area contributed by atoms with Crippen LogP contribution in [0.2, 0.25) is 0 Å². The molecule has 7 nitrogen and oxygen atoms in total. The van der Waals surface area contributed by atoms with Gasteiger partial charge >= 0.3 is 5.69 Å². The van der Waals surface area contributed by atoms with Crippen LogP contribution >= 0.6 is 15.9 Å². The topological polar surface area (TPSA) is 105 Å². The Bertz CT molecular complexity index is 593. The third kappa shape index (κ3) is 2.57. The molecule has 1 aliphatic heterocycles. The van der Waals surface area contributed by atoms with Crippen LogP contribution in [0.1, 0.15) is 11.8 Å². The highest BCUT2D eigenvalue weighted by molar-refractivity contribution is 9.11. The normalized spacial score (nSPS) is 26.6. The fourth-order valence-corrected chi connectivity index (χ4v) is 2.29. The van der Waals surface area contributed by atoms with Crippen LogP contribution in [0.5, 0.6) is 0 Å². The van der Waals surface area contributed by atoms with E-state index in [-0.39, 0.29) is 24.7 Å². The van der Waals surface area contributed by atoms with Crippen LogP contribution < -0.4 is 11.2 Å². The maximum atomic E-state index is 11.7. The monoisotopic (exact) mass is 332 g/mol. The highest BCUT2D eigenvalue weighted by Crippen LogP contribution is 2.35. The van der Waals surface area contributed by atoms with E-state index in [4.69, 9.17) is 9.84 Å². The Morgan fingerprint density at radius 3 is 2.74 bits per heavy atom. The Kier molecular flexibility index (Phi) is 4.35. The Morgan fingerprint density at radius 2 is 2.16 bits per heavy atom. The highest BCUT2D eigenvalue weighted by Gasteiger charge is 2.43. The van der Waals surface area contributed by atoms with Gasteiger partial charge in [0.05, 0.1) is 30.8 Å². The van der Waals surface area contributed by atoms with Gasteiger partial charge in [0.15, 0.2) is 0 Å². The smallest absolute Gasteiger partial charge is 0.330 e. The molecule has 0 saturated carbocycles. The van der Waals surface area contributed by atoms with E-state index in [9.17, 15) is 14.7 Å². The van der Waals surface area contributed by atoms with Gasteiger partial charge in [-0.25, -0.2) is 4.79 Å². The number of aromatic nitrogens is 2. The largest absolute Gasteiger partial charge is 0.396 e. The molecule has 3 atom stereocenters. The molecule has 0 radical (unpaired) electrons. The van der Waals surface area contributed by atoms with Crippen LogP contribution in [-0.2, 0) is 4.74 Å². The van der Waals surface area contributed by atoms with Gasteiger partial charge in [0.1, 0.15) is 6.23 Å². The second-order valence-electron chi connectivity index (χ2n) is 4.14. The van der Waals surface area contributed by atoms with Crippen molar-refractivity contribution in [2.24, 2.45) is 5.92 Å². The lowest BCUT2D eigenvalue weighted by molar-refractivity contribution is -0.246. The molecule has 1 fully saturated rings. The van der Waals surface area contributed by atoms with Crippen LogP contribution in [0.15, 0.2) is 20.8 Å². The number of nitrogens with one attached hydrogen (secondary N) is 1.